The molecule has 19 heavy (non-hydrogen) atoms. The Labute approximate surface area is 112 Å². The van der Waals surface area contributed by atoms with Crippen LogP contribution in [0.4, 0.5) is 4.79 Å². The lowest BCUT2D eigenvalue weighted by Gasteiger charge is -2.23. The molecule has 0 aromatic rings. The first kappa shape index (κ1) is 17.2. The molecule has 3 N–H and O–H groups in total. The summed E-state index contributed by atoms with van der Waals surface area (Å²) in [5.74, 6) is -2.12. The van der Waals surface area contributed by atoms with Crippen molar-refractivity contribution < 1.29 is 24.2 Å². The van der Waals surface area contributed by atoms with Crippen molar-refractivity contribution in [1.29, 1.82) is 0 Å². The van der Waals surface area contributed by atoms with E-state index in [1.807, 2.05) is 0 Å². The summed E-state index contributed by atoms with van der Waals surface area (Å²) in [6.07, 6.45) is 0. The third kappa shape index (κ3) is 5.58. The van der Waals surface area contributed by atoms with E-state index in [0.717, 1.165) is 0 Å². The molecule has 0 fully saturated rings. The van der Waals surface area contributed by atoms with Gasteiger partial charge in [0.25, 0.3) is 0 Å². The van der Waals surface area contributed by atoms with E-state index in [1.54, 1.807) is 27.7 Å². The quantitative estimate of drug-likeness (QED) is 0.615. The zero-order valence-corrected chi connectivity index (χ0v) is 11.9. The molecule has 0 rings (SSSR count). The molecule has 0 saturated heterocycles. The van der Waals surface area contributed by atoms with Crippen molar-refractivity contribution in [3.05, 3.63) is 0 Å². The van der Waals surface area contributed by atoms with Gasteiger partial charge in [-0.1, -0.05) is 27.7 Å². The SMILES string of the molecule is COC(=O)C(NC(=O)N[C@@H](C(=O)O)C(C)C)C(C)C. The minimum absolute atomic E-state index is 0.166. The Bertz CT molecular complexity index is 341. The summed E-state index contributed by atoms with van der Waals surface area (Å²) in [5, 5.41) is 13.7. The van der Waals surface area contributed by atoms with E-state index in [9.17, 15) is 14.4 Å². The number of carboxylic acids is 1. The average Bonchev–Trinajstić information content (AvgIpc) is 2.30. The molecular formula is C12H22N2O5. The number of rotatable bonds is 6. The van der Waals surface area contributed by atoms with Gasteiger partial charge in [0.05, 0.1) is 7.11 Å². The number of aliphatic carboxylic acids is 1. The summed E-state index contributed by atoms with van der Waals surface area (Å²) in [7, 11) is 1.23. The molecular weight excluding hydrogens is 252 g/mol. The molecule has 1 unspecified atom stereocenters. The lowest BCUT2D eigenvalue weighted by Crippen LogP contribution is -2.54. The molecule has 0 aliphatic rings. The summed E-state index contributed by atoms with van der Waals surface area (Å²) in [6.45, 7) is 6.86. The van der Waals surface area contributed by atoms with Crippen molar-refractivity contribution in [2.75, 3.05) is 7.11 Å². The molecule has 7 nitrogen and oxygen atoms in total. The standard InChI is InChI=1S/C12H22N2O5/c1-6(2)8(10(15)16)13-12(18)14-9(7(3)4)11(17)19-5/h6-9H,1-5H3,(H,15,16)(H2,13,14,18)/t8-,9?/m1/s1. The molecule has 0 aliphatic heterocycles. The number of hydrogen-bond donors (Lipinski definition) is 3. The van der Waals surface area contributed by atoms with Gasteiger partial charge in [0.15, 0.2) is 0 Å². The minimum Gasteiger partial charge on any atom is -0.480 e. The minimum atomic E-state index is -1.12. The van der Waals surface area contributed by atoms with Crippen LogP contribution in [0.25, 0.3) is 0 Å². The number of esters is 1. The fourth-order valence-electron chi connectivity index (χ4n) is 1.46. The number of carboxylic acid groups (broad SMARTS) is 1. The first-order valence-corrected chi connectivity index (χ1v) is 6.08. The number of carbonyl (C=O) groups is 3. The van der Waals surface area contributed by atoms with E-state index < -0.39 is 30.1 Å². The monoisotopic (exact) mass is 274 g/mol. The third-order valence-corrected chi connectivity index (χ3v) is 2.63. The van der Waals surface area contributed by atoms with Gasteiger partial charge in [0, 0.05) is 0 Å². The maximum atomic E-state index is 11.7. The maximum absolute atomic E-state index is 11.7. The molecule has 0 bridgehead atoms. The molecule has 0 spiro atoms. The van der Waals surface area contributed by atoms with E-state index in [4.69, 9.17) is 5.11 Å². The Morgan fingerprint density at radius 1 is 0.947 bits per heavy atom. The first-order chi connectivity index (χ1) is 8.70. The molecule has 110 valence electrons. The smallest absolute Gasteiger partial charge is 0.328 e. The molecule has 0 aliphatic carbocycles. The molecule has 2 atom stereocenters. The zero-order chi connectivity index (χ0) is 15.2. The van der Waals surface area contributed by atoms with Crippen LogP contribution >= 0.6 is 0 Å². The highest BCUT2D eigenvalue weighted by atomic mass is 16.5. The maximum Gasteiger partial charge on any atom is 0.328 e. The number of methoxy groups -OCH3 is 1. The summed E-state index contributed by atoms with van der Waals surface area (Å²) in [4.78, 5) is 34.1. The highest BCUT2D eigenvalue weighted by Crippen LogP contribution is 2.05. The van der Waals surface area contributed by atoms with Gasteiger partial charge in [-0.3, -0.25) is 0 Å². The van der Waals surface area contributed by atoms with Crippen LogP contribution in [0.1, 0.15) is 27.7 Å². The van der Waals surface area contributed by atoms with Crippen LogP contribution in [-0.4, -0.2) is 42.3 Å². The number of urea groups is 1. The van der Waals surface area contributed by atoms with Gasteiger partial charge < -0.3 is 20.5 Å². The van der Waals surface area contributed by atoms with Crippen LogP contribution in [0.2, 0.25) is 0 Å². The Kier molecular flexibility index (Phi) is 6.89. The molecule has 0 aromatic carbocycles. The topological polar surface area (TPSA) is 105 Å². The summed E-state index contributed by atoms with van der Waals surface area (Å²) < 4.78 is 4.58. The fraction of sp³-hybridized carbons (Fsp3) is 0.750. The summed E-state index contributed by atoms with van der Waals surface area (Å²) >= 11 is 0. The first-order valence-electron chi connectivity index (χ1n) is 6.08. The van der Waals surface area contributed by atoms with E-state index in [2.05, 4.69) is 15.4 Å². The van der Waals surface area contributed by atoms with Crippen molar-refractivity contribution in [3.63, 3.8) is 0 Å². The second-order valence-electron chi connectivity index (χ2n) is 4.92. The highest BCUT2D eigenvalue weighted by molar-refractivity contribution is 5.86. The van der Waals surface area contributed by atoms with E-state index >= 15 is 0 Å². The molecule has 2 amide bonds. The van der Waals surface area contributed by atoms with Gasteiger partial charge in [-0.2, -0.15) is 0 Å². The van der Waals surface area contributed by atoms with Crippen LogP contribution in [0.3, 0.4) is 0 Å². The molecule has 7 heteroatoms. The van der Waals surface area contributed by atoms with Crippen LogP contribution in [0.15, 0.2) is 0 Å². The van der Waals surface area contributed by atoms with E-state index in [-0.39, 0.29) is 11.8 Å². The molecule has 0 radical (unpaired) electrons. The second kappa shape index (κ2) is 7.60. The Hall–Kier alpha value is -1.79. The Morgan fingerprint density at radius 2 is 1.37 bits per heavy atom. The van der Waals surface area contributed by atoms with Crippen LogP contribution in [0.5, 0.6) is 0 Å². The number of carbonyl (C=O) groups excluding carboxylic acids is 2. The third-order valence-electron chi connectivity index (χ3n) is 2.63. The number of amides is 2. The summed E-state index contributed by atoms with van der Waals surface area (Å²) in [6, 6.07) is -2.53. The predicted molar refractivity (Wildman–Crippen MR) is 68.6 cm³/mol. The van der Waals surface area contributed by atoms with Crippen molar-refractivity contribution >= 4 is 18.0 Å². The van der Waals surface area contributed by atoms with Crippen LogP contribution in [-0.2, 0) is 14.3 Å². The normalized spacial score (nSPS) is 13.8. The van der Waals surface area contributed by atoms with Gasteiger partial charge in [-0.25, -0.2) is 14.4 Å². The second-order valence-corrected chi connectivity index (χ2v) is 4.92. The average molecular weight is 274 g/mol. The lowest BCUT2D eigenvalue weighted by atomic mass is 10.0. The van der Waals surface area contributed by atoms with Crippen LogP contribution in [0, 0.1) is 11.8 Å². The van der Waals surface area contributed by atoms with Gasteiger partial charge in [0.1, 0.15) is 12.1 Å². The largest absolute Gasteiger partial charge is 0.480 e. The molecule has 0 saturated carbocycles. The number of nitrogens with one attached hydrogen (secondary N) is 2. The van der Waals surface area contributed by atoms with E-state index in [1.165, 1.54) is 7.11 Å². The van der Waals surface area contributed by atoms with Gasteiger partial charge in [0.2, 0.25) is 0 Å². The Balaban J connectivity index is 4.66. The van der Waals surface area contributed by atoms with E-state index in [0.29, 0.717) is 0 Å². The predicted octanol–water partition coefficient (Wildman–Crippen LogP) is 0.592. The zero-order valence-electron chi connectivity index (χ0n) is 11.9. The van der Waals surface area contributed by atoms with Crippen molar-refractivity contribution in [3.8, 4) is 0 Å². The van der Waals surface area contributed by atoms with Gasteiger partial charge in [-0.15, -0.1) is 0 Å². The fourth-order valence-corrected chi connectivity index (χ4v) is 1.46. The molecule has 0 heterocycles. The lowest BCUT2D eigenvalue weighted by molar-refractivity contribution is -0.144. The highest BCUT2D eigenvalue weighted by Gasteiger charge is 2.28. The van der Waals surface area contributed by atoms with Crippen molar-refractivity contribution in [2.24, 2.45) is 11.8 Å². The summed E-state index contributed by atoms with van der Waals surface area (Å²) in [5.41, 5.74) is 0. The van der Waals surface area contributed by atoms with Crippen LogP contribution < -0.4 is 10.6 Å². The van der Waals surface area contributed by atoms with Gasteiger partial charge in [-0.05, 0) is 11.8 Å². The number of hydrogen-bond acceptors (Lipinski definition) is 4. The molecule has 0 aromatic heterocycles. The van der Waals surface area contributed by atoms with Crippen molar-refractivity contribution in [1.82, 2.24) is 10.6 Å². The number of ether oxygens (including phenoxy) is 1. The van der Waals surface area contributed by atoms with Gasteiger partial charge >= 0.3 is 18.0 Å². The Morgan fingerprint density at radius 3 is 1.68 bits per heavy atom. The van der Waals surface area contributed by atoms with Crippen molar-refractivity contribution in [2.45, 2.75) is 39.8 Å².